The highest BCUT2D eigenvalue weighted by Gasteiger charge is 2.01. The van der Waals surface area contributed by atoms with Crippen LogP contribution < -0.4 is 26.6 Å². The second kappa shape index (κ2) is 8.45. The Morgan fingerprint density at radius 3 is 1.93 bits per heavy atom. The molecule has 1 heterocycles. The van der Waals surface area contributed by atoms with Gasteiger partial charge in [0.1, 0.15) is 28.0 Å². The Kier molecular flexibility index (Phi) is 5.39. The molecule has 148 valence electrons. The minimum Gasteiger partial charge on any atom is -0.457 e. The molecule has 1 aromatic heterocycles. The van der Waals surface area contributed by atoms with Gasteiger partial charge in [0.15, 0.2) is 0 Å². The van der Waals surface area contributed by atoms with Gasteiger partial charge in [0.05, 0.1) is 0 Å². The van der Waals surface area contributed by atoms with Crippen LogP contribution in [0.5, 0.6) is 11.5 Å². The molecule has 2 N–H and O–H groups in total. The molecule has 4 aromatic rings. The van der Waals surface area contributed by atoms with E-state index in [0.717, 1.165) is 5.56 Å². The lowest BCUT2D eigenvalue weighted by Crippen LogP contribution is -2.46. The maximum absolute atomic E-state index is 13.0. The first-order chi connectivity index (χ1) is 14.6. The van der Waals surface area contributed by atoms with E-state index in [1.165, 1.54) is 24.3 Å². The predicted octanol–water partition coefficient (Wildman–Crippen LogP) is 2.65. The molecule has 0 aliphatic heterocycles. The SMILES string of the molecule is O=c1[nH]/c(=C\c2cccc(Oc3ccc(F)cc3)c2)c(=O)[nH]/c1=C\c1ccccc1. The third-order valence-corrected chi connectivity index (χ3v) is 4.31. The Hall–Kier alpha value is -4.19. The molecule has 0 bridgehead atoms. The van der Waals surface area contributed by atoms with Gasteiger partial charge in [-0.15, -0.1) is 0 Å². The summed E-state index contributed by atoms with van der Waals surface area (Å²) in [5, 5.41) is 0.306. The number of ether oxygens (including phenoxy) is 1. The van der Waals surface area contributed by atoms with E-state index in [0.29, 0.717) is 17.1 Å². The van der Waals surface area contributed by atoms with Crippen molar-refractivity contribution in [2.24, 2.45) is 0 Å². The van der Waals surface area contributed by atoms with E-state index in [2.05, 4.69) is 9.97 Å². The smallest absolute Gasteiger partial charge is 0.272 e. The second-order valence-electron chi connectivity index (χ2n) is 6.56. The molecular formula is C24H17FN2O3. The van der Waals surface area contributed by atoms with Gasteiger partial charge in [-0.2, -0.15) is 0 Å². The number of halogens is 1. The topological polar surface area (TPSA) is 75.0 Å². The zero-order chi connectivity index (χ0) is 20.9. The largest absolute Gasteiger partial charge is 0.457 e. The fourth-order valence-corrected chi connectivity index (χ4v) is 2.89. The molecule has 0 amide bonds. The summed E-state index contributed by atoms with van der Waals surface area (Å²) in [5.41, 5.74) is 0.654. The molecule has 0 aliphatic carbocycles. The molecule has 0 spiro atoms. The molecule has 5 nitrogen and oxygen atoms in total. The Balaban J connectivity index is 1.67. The van der Waals surface area contributed by atoms with Gasteiger partial charge in [-0.3, -0.25) is 9.59 Å². The number of H-pyrrole nitrogens is 2. The van der Waals surface area contributed by atoms with Crippen molar-refractivity contribution in [3.8, 4) is 11.5 Å². The van der Waals surface area contributed by atoms with Crippen molar-refractivity contribution in [2.75, 3.05) is 0 Å². The normalized spacial score (nSPS) is 12.2. The molecule has 0 saturated carbocycles. The van der Waals surface area contributed by atoms with Crippen LogP contribution >= 0.6 is 0 Å². The molecule has 0 radical (unpaired) electrons. The number of aromatic amines is 2. The lowest BCUT2D eigenvalue weighted by Gasteiger charge is -2.06. The van der Waals surface area contributed by atoms with Crippen molar-refractivity contribution in [3.05, 3.63) is 127 Å². The van der Waals surface area contributed by atoms with Crippen LogP contribution in [0, 0.1) is 5.82 Å². The number of rotatable bonds is 4. The van der Waals surface area contributed by atoms with Crippen molar-refractivity contribution in [1.82, 2.24) is 9.97 Å². The number of hydrogen-bond donors (Lipinski definition) is 2. The Morgan fingerprint density at radius 2 is 1.27 bits per heavy atom. The van der Waals surface area contributed by atoms with Crippen LogP contribution in [0.2, 0.25) is 0 Å². The third kappa shape index (κ3) is 4.62. The van der Waals surface area contributed by atoms with E-state index in [4.69, 9.17) is 4.74 Å². The third-order valence-electron chi connectivity index (χ3n) is 4.31. The predicted molar refractivity (Wildman–Crippen MR) is 113 cm³/mol. The number of nitrogens with one attached hydrogen (secondary N) is 2. The average Bonchev–Trinajstić information content (AvgIpc) is 2.74. The molecule has 0 saturated heterocycles. The standard InChI is InChI=1S/C24H17FN2O3/c25-18-9-11-19(12-10-18)30-20-8-4-7-17(13-20)15-22-24(29)26-21(23(28)27-22)14-16-5-2-1-3-6-16/h1-15H,(H,26,29)(H,27,28)/b21-14-,22-15-. The molecule has 3 aromatic carbocycles. The molecule has 0 unspecified atom stereocenters. The van der Waals surface area contributed by atoms with Crippen molar-refractivity contribution in [2.45, 2.75) is 0 Å². The molecule has 4 rings (SSSR count). The van der Waals surface area contributed by atoms with Gasteiger partial charge in [-0.25, -0.2) is 4.39 Å². The van der Waals surface area contributed by atoms with Crippen molar-refractivity contribution in [3.63, 3.8) is 0 Å². The summed E-state index contributed by atoms with van der Waals surface area (Å²) in [6.45, 7) is 0. The first-order valence-electron chi connectivity index (χ1n) is 9.21. The summed E-state index contributed by atoms with van der Waals surface area (Å²) in [5.74, 6) is 0.657. The van der Waals surface area contributed by atoms with Crippen LogP contribution in [0.1, 0.15) is 11.1 Å². The van der Waals surface area contributed by atoms with Gasteiger partial charge in [-0.05, 0) is 59.7 Å². The van der Waals surface area contributed by atoms with E-state index in [-0.39, 0.29) is 16.5 Å². The summed E-state index contributed by atoms with van der Waals surface area (Å²) >= 11 is 0. The van der Waals surface area contributed by atoms with Crippen LogP contribution in [0.3, 0.4) is 0 Å². The monoisotopic (exact) mass is 400 g/mol. The molecule has 6 heteroatoms. The summed E-state index contributed by atoms with van der Waals surface area (Å²) in [7, 11) is 0. The van der Waals surface area contributed by atoms with E-state index in [1.807, 2.05) is 30.3 Å². The zero-order valence-corrected chi connectivity index (χ0v) is 15.8. The minimum atomic E-state index is -0.415. The first-order valence-corrected chi connectivity index (χ1v) is 9.21. The summed E-state index contributed by atoms with van der Waals surface area (Å²) in [6.07, 6.45) is 3.17. The van der Waals surface area contributed by atoms with Gasteiger partial charge in [-0.1, -0.05) is 42.5 Å². The minimum absolute atomic E-state index is 0.129. The summed E-state index contributed by atoms with van der Waals surface area (Å²) < 4.78 is 18.7. The molecule has 0 atom stereocenters. The highest BCUT2D eigenvalue weighted by molar-refractivity contribution is 5.51. The Labute approximate surface area is 170 Å². The van der Waals surface area contributed by atoms with Crippen molar-refractivity contribution >= 4 is 12.2 Å². The van der Waals surface area contributed by atoms with Crippen LogP contribution in [0.15, 0.2) is 88.5 Å². The van der Waals surface area contributed by atoms with E-state index >= 15 is 0 Å². The lowest BCUT2D eigenvalue weighted by atomic mass is 10.2. The van der Waals surface area contributed by atoms with Crippen molar-refractivity contribution in [1.29, 1.82) is 0 Å². The van der Waals surface area contributed by atoms with Crippen LogP contribution in [-0.2, 0) is 0 Å². The van der Waals surface area contributed by atoms with Crippen LogP contribution in [-0.4, -0.2) is 9.97 Å². The highest BCUT2D eigenvalue weighted by atomic mass is 19.1. The van der Waals surface area contributed by atoms with Crippen molar-refractivity contribution < 1.29 is 9.13 Å². The molecular weight excluding hydrogens is 383 g/mol. The summed E-state index contributed by atoms with van der Waals surface area (Å²) in [4.78, 5) is 30.1. The van der Waals surface area contributed by atoms with Gasteiger partial charge in [0.25, 0.3) is 11.1 Å². The van der Waals surface area contributed by atoms with E-state index in [9.17, 15) is 14.0 Å². The number of hydrogen-bond acceptors (Lipinski definition) is 3. The average molecular weight is 400 g/mol. The maximum atomic E-state index is 13.0. The van der Waals surface area contributed by atoms with Gasteiger partial charge >= 0.3 is 0 Å². The Bertz CT molecular complexity index is 1410. The van der Waals surface area contributed by atoms with Crippen LogP contribution in [0.25, 0.3) is 12.2 Å². The maximum Gasteiger partial charge on any atom is 0.272 e. The van der Waals surface area contributed by atoms with Gasteiger partial charge < -0.3 is 14.7 Å². The lowest BCUT2D eigenvalue weighted by molar-refractivity contribution is 0.480. The van der Waals surface area contributed by atoms with Crippen LogP contribution in [0.4, 0.5) is 4.39 Å². The molecule has 0 fully saturated rings. The Morgan fingerprint density at radius 1 is 0.667 bits per heavy atom. The summed E-state index contributed by atoms with van der Waals surface area (Å²) in [6, 6.07) is 21.9. The first kappa shape index (κ1) is 19.1. The quantitative estimate of drug-likeness (QED) is 0.553. The van der Waals surface area contributed by atoms with Gasteiger partial charge in [0, 0.05) is 0 Å². The second-order valence-corrected chi connectivity index (χ2v) is 6.56. The fraction of sp³-hybridized carbons (Fsp3) is 0. The molecule has 0 aliphatic rings. The number of benzene rings is 3. The zero-order valence-electron chi connectivity index (χ0n) is 15.8. The number of aromatic nitrogens is 2. The van der Waals surface area contributed by atoms with Gasteiger partial charge in [0.2, 0.25) is 0 Å². The molecule has 30 heavy (non-hydrogen) atoms. The highest BCUT2D eigenvalue weighted by Crippen LogP contribution is 2.22. The van der Waals surface area contributed by atoms with E-state index in [1.54, 1.807) is 36.4 Å². The fourth-order valence-electron chi connectivity index (χ4n) is 2.89. The van der Waals surface area contributed by atoms with E-state index < -0.39 is 11.1 Å².